The number of aryl methyl sites for hydroxylation is 1. The summed E-state index contributed by atoms with van der Waals surface area (Å²) in [5.74, 6) is 0.333. The molecule has 0 saturated heterocycles. The number of aromatic amines is 1. The van der Waals surface area contributed by atoms with Crippen molar-refractivity contribution < 1.29 is 17.8 Å². The Kier molecular flexibility index (Phi) is 5.64. The quantitative estimate of drug-likeness (QED) is 0.336. The second-order valence-electron chi connectivity index (χ2n) is 7.29. The summed E-state index contributed by atoms with van der Waals surface area (Å²) in [4.78, 5) is 25.7. The average Bonchev–Trinajstić information content (AvgIpc) is 3.27. The molecule has 0 radical (unpaired) electrons. The molecule has 0 spiro atoms. The SMILES string of the molecule is Cc1ccc2cc(CN(Cc3ccco3)S(=O)(=O)c3ccccc3[N+](=O)[O-])c(=O)[nH]c2c1. The van der Waals surface area contributed by atoms with Gasteiger partial charge < -0.3 is 9.40 Å². The number of nitro benzene ring substituents is 1. The molecule has 0 unspecified atom stereocenters. The predicted molar refractivity (Wildman–Crippen MR) is 118 cm³/mol. The van der Waals surface area contributed by atoms with Crippen molar-refractivity contribution in [2.24, 2.45) is 0 Å². The van der Waals surface area contributed by atoms with Crippen LogP contribution in [0.5, 0.6) is 0 Å². The summed E-state index contributed by atoms with van der Waals surface area (Å²) in [6.07, 6.45) is 1.40. The van der Waals surface area contributed by atoms with Gasteiger partial charge in [-0.3, -0.25) is 14.9 Å². The van der Waals surface area contributed by atoms with E-state index >= 15 is 0 Å². The summed E-state index contributed by atoms with van der Waals surface area (Å²) in [5.41, 5.74) is 0.831. The van der Waals surface area contributed by atoms with Gasteiger partial charge >= 0.3 is 0 Å². The topological polar surface area (TPSA) is 127 Å². The van der Waals surface area contributed by atoms with Gasteiger partial charge in [0.2, 0.25) is 0 Å². The van der Waals surface area contributed by atoms with E-state index in [1.54, 1.807) is 18.2 Å². The Labute approximate surface area is 183 Å². The molecular formula is C22H19N3O6S. The van der Waals surface area contributed by atoms with Gasteiger partial charge in [0.15, 0.2) is 4.90 Å². The van der Waals surface area contributed by atoms with Gasteiger partial charge in [-0.15, -0.1) is 0 Å². The van der Waals surface area contributed by atoms with Gasteiger partial charge in [0, 0.05) is 23.7 Å². The first kappa shape index (κ1) is 21.5. The molecule has 0 aliphatic carbocycles. The number of aromatic nitrogens is 1. The van der Waals surface area contributed by atoms with Crippen LogP contribution in [0.25, 0.3) is 10.9 Å². The predicted octanol–water partition coefficient (Wildman–Crippen LogP) is 3.73. The van der Waals surface area contributed by atoms with Crippen molar-refractivity contribution in [1.82, 2.24) is 9.29 Å². The first-order valence-corrected chi connectivity index (χ1v) is 11.1. The van der Waals surface area contributed by atoms with Gasteiger partial charge in [-0.2, -0.15) is 4.31 Å². The molecule has 2 aromatic heterocycles. The van der Waals surface area contributed by atoms with Gasteiger partial charge in [0.05, 0.1) is 17.7 Å². The van der Waals surface area contributed by atoms with E-state index in [1.165, 1.54) is 24.5 Å². The number of pyridine rings is 1. The van der Waals surface area contributed by atoms with Gasteiger partial charge in [0.1, 0.15) is 5.76 Å². The van der Waals surface area contributed by atoms with E-state index in [2.05, 4.69) is 4.98 Å². The lowest BCUT2D eigenvalue weighted by atomic mass is 10.1. The summed E-state index contributed by atoms with van der Waals surface area (Å²) in [6.45, 7) is 1.40. The number of para-hydroxylation sites is 1. The lowest BCUT2D eigenvalue weighted by Crippen LogP contribution is -2.32. The average molecular weight is 453 g/mol. The maximum absolute atomic E-state index is 13.5. The van der Waals surface area contributed by atoms with Gasteiger partial charge in [-0.25, -0.2) is 8.42 Å². The number of hydrogen-bond acceptors (Lipinski definition) is 6. The normalized spacial score (nSPS) is 11.8. The number of sulfonamides is 1. The minimum absolute atomic E-state index is 0.202. The Morgan fingerprint density at radius 1 is 1.06 bits per heavy atom. The molecule has 9 nitrogen and oxygen atoms in total. The lowest BCUT2D eigenvalue weighted by Gasteiger charge is -2.21. The third-order valence-electron chi connectivity index (χ3n) is 5.02. The molecule has 0 fully saturated rings. The van der Waals surface area contributed by atoms with Crippen LogP contribution >= 0.6 is 0 Å². The van der Waals surface area contributed by atoms with Gasteiger partial charge in [-0.1, -0.05) is 24.3 Å². The molecule has 4 aromatic rings. The number of nitrogens with zero attached hydrogens (tertiary/aromatic N) is 2. The maximum atomic E-state index is 13.5. The zero-order valence-corrected chi connectivity index (χ0v) is 17.8. The number of nitro groups is 1. The van der Waals surface area contributed by atoms with Crippen LogP contribution in [-0.2, 0) is 23.1 Å². The van der Waals surface area contributed by atoms with Crippen LogP contribution in [0.2, 0.25) is 0 Å². The van der Waals surface area contributed by atoms with Crippen molar-refractivity contribution in [2.45, 2.75) is 24.9 Å². The zero-order valence-electron chi connectivity index (χ0n) is 17.0. The highest BCUT2D eigenvalue weighted by molar-refractivity contribution is 7.89. The van der Waals surface area contributed by atoms with E-state index in [4.69, 9.17) is 4.42 Å². The van der Waals surface area contributed by atoms with Crippen LogP contribution in [-0.4, -0.2) is 22.6 Å². The maximum Gasteiger partial charge on any atom is 0.289 e. The number of benzene rings is 2. The number of nitrogens with one attached hydrogen (secondary N) is 1. The van der Waals surface area contributed by atoms with Crippen LogP contribution in [0.1, 0.15) is 16.9 Å². The van der Waals surface area contributed by atoms with Crippen LogP contribution in [0.3, 0.4) is 0 Å². The fraction of sp³-hybridized carbons (Fsp3) is 0.136. The molecule has 10 heteroatoms. The van der Waals surface area contributed by atoms with Gasteiger partial charge in [0.25, 0.3) is 21.3 Å². The van der Waals surface area contributed by atoms with Crippen LogP contribution in [0.15, 0.2) is 81.0 Å². The monoisotopic (exact) mass is 453 g/mol. The molecule has 4 rings (SSSR count). The molecule has 0 atom stereocenters. The van der Waals surface area contributed by atoms with Gasteiger partial charge in [-0.05, 0) is 48.2 Å². The third kappa shape index (κ3) is 4.18. The summed E-state index contributed by atoms with van der Waals surface area (Å²) < 4.78 is 33.2. The van der Waals surface area contributed by atoms with Crippen LogP contribution in [0.4, 0.5) is 5.69 Å². The molecular weight excluding hydrogens is 434 g/mol. The molecule has 0 amide bonds. The largest absolute Gasteiger partial charge is 0.468 e. The van der Waals surface area contributed by atoms with E-state index in [-0.39, 0.29) is 18.7 Å². The second kappa shape index (κ2) is 8.40. The van der Waals surface area contributed by atoms with Crippen molar-refractivity contribution >= 4 is 26.6 Å². The summed E-state index contributed by atoms with van der Waals surface area (Å²) in [6, 6.07) is 15.5. The fourth-order valence-corrected chi connectivity index (χ4v) is 4.98. The van der Waals surface area contributed by atoms with E-state index in [0.29, 0.717) is 11.3 Å². The number of furan rings is 1. The molecule has 0 aliphatic heterocycles. The number of rotatable bonds is 7. The molecule has 0 aliphatic rings. The number of hydrogen-bond donors (Lipinski definition) is 1. The highest BCUT2D eigenvalue weighted by Crippen LogP contribution is 2.28. The van der Waals surface area contributed by atoms with E-state index in [9.17, 15) is 23.3 Å². The third-order valence-corrected chi connectivity index (χ3v) is 6.86. The van der Waals surface area contributed by atoms with Crippen molar-refractivity contribution in [3.8, 4) is 0 Å². The van der Waals surface area contributed by atoms with Crippen molar-refractivity contribution in [2.75, 3.05) is 0 Å². The molecule has 0 saturated carbocycles. The minimum Gasteiger partial charge on any atom is -0.468 e. The molecule has 164 valence electrons. The second-order valence-corrected chi connectivity index (χ2v) is 9.20. The van der Waals surface area contributed by atoms with E-state index in [1.807, 2.05) is 25.1 Å². The molecule has 2 aromatic carbocycles. The van der Waals surface area contributed by atoms with Crippen LogP contribution < -0.4 is 5.56 Å². The molecule has 1 N–H and O–H groups in total. The highest BCUT2D eigenvalue weighted by atomic mass is 32.2. The van der Waals surface area contributed by atoms with Crippen molar-refractivity contribution in [3.63, 3.8) is 0 Å². The molecule has 0 bridgehead atoms. The Balaban J connectivity index is 1.81. The van der Waals surface area contributed by atoms with Crippen molar-refractivity contribution in [3.05, 3.63) is 104 Å². The number of H-pyrrole nitrogens is 1. The molecule has 32 heavy (non-hydrogen) atoms. The zero-order chi connectivity index (χ0) is 22.9. The Morgan fingerprint density at radius 2 is 1.84 bits per heavy atom. The minimum atomic E-state index is -4.35. The summed E-state index contributed by atoms with van der Waals surface area (Å²) >= 11 is 0. The first-order valence-electron chi connectivity index (χ1n) is 9.64. The fourth-order valence-electron chi connectivity index (χ4n) is 3.43. The Morgan fingerprint density at radius 3 is 2.56 bits per heavy atom. The standard InChI is InChI=1S/C22H19N3O6S/c1-15-8-9-16-12-17(22(26)23-19(16)11-15)13-24(14-18-5-4-10-31-18)32(29,30)21-7-3-2-6-20(21)25(27)28/h2-12H,13-14H2,1H3,(H,23,26). The first-order chi connectivity index (χ1) is 15.3. The van der Waals surface area contributed by atoms with E-state index < -0.39 is 31.1 Å². The number of fused-ring (bicyclic) bond motifs is 1. The molecule has 2 heterocycles. The highest BCUT2D eigenvalue weighted by Gasteiger charge is 2.32. The van der Waals surface area contributed by atoms with Crippen molar-refractivity contribution in [1.29, 1.82) is 0 Å². The Bertz CT molecular complexity index is 1460. The Hall–Kier alpha value is -3.76. The van der Waals surface area contributed by atoms with E-state index in [0.717, 1.165) is 21.3 Å². The summed E-state index contributed by atoms with van der Waals surface area (Å²) in [7, 11) is -4.35. The van der Waals surface area contributed by atoms with Crippen LogP contribution in [0, 0.1) is 17.0 Å². The summed E-state index contributed by atoms with van der Waals surface area (Å²) in [5, 5.41) is 12.2. The smallest absolute Gasteiger partial charge is 0.289 e. The lowest BCUT2D eigenvalue weighted by molar-refractivity contribution is -0.387.